The minimum absolute atomic E-state index is 0.0685. The van der Waals surface area contributed by atoms with Crippen LogP contribution < -0.4 is 5.32 Å². The van der Waals surface area contributed by atoms with Crippen LogP contribution in [0, 0.1) is 5.92 Å². The Morgan fingerprint density at radius 1 is 1.50 bits per heavy atom. The highest BCUT2D eigenvalue weighted by Crippen LogP contribution is 2.28. The molecule has 1 aromatic rings. The lowest BCUT2D eigenvalue weighted by molar-refractivity contribution is -0.130. The second kappa shape index (κ2) is 6.83. The number of nitrogens with zero attached hydrogens (tertiary/aromatic N) is 1. The molecule has 1 N–H and O–H groups in total. The van der Waals surface area contributed by atoms with E-state index in [2.05, 4.69) is 24.5 Å². The Labute approximate surface area is 127 Å². The third-order valence-corrected chi connectivity index (χ3v) is 4.90. The van der Waals surface area contributed by atoms with E-state index < -0.39 is 10.8 Å². The Kier molecular flexibility index (Phi) is 5.35. The Hall–Kier alpha value is -0.720. The van der Waals surface area contributed by atoms with Crippen molar-refractivity contribution in [3.8, 4) is 0 Å². The van der Waals surface area contributed by atoms with Gasteiger partial charge in [0.15, 0.2) is 0 Å². The molecule has 1 aliphatic heterocycles. The molecule has 0 aromatic carbocycles. The number of hydrogen-bond acceptors (Lipinski definition) is 4. The summed E-state index contributed by atoms with van der Waals surface area (Å²) in [5.41, 5.74) is 1.12. The summed E-state index contributed by atoms with van der Waals surface area (Å²) in [7, 11) is -0.879. The number of amides is 1. The summed E-state index contributed by atoms with van der Waals surface area (Å²) in [5, 5.41) is 7.52. The number of nitrogens with one attached hydrogen (secondary N) is 1. The van der Waals surface area contributed by atoms with Crippen LogP contribution in [0.1, 0.15) is 32.0 Å². The fourth-order valence-electron chi connectivity index (χ4n) is 2.49. The van der Waals surface area contributed by atoms with Crippen molar-refractivity contribution in [1.82, 2.24) is 10.2 Å². The molecule has 1 aliphatic rings. The van der Waals surface area contributed by atoms with Crippen LogP contribution in [0.3, 0.4) is 0 Å². The van der Waals surface area contributed by atoms with E-state index in [1.807, 2.05) is 16.3 Å². The SMILES string of the molecule is CC(C)CC1NC(c2ccsc2)N(CCS(C)=O)C1=O. The highest BCUT2D eigenvalue weighted by molar-refractivity contribution is 7.84. The van der Waals surface area contributed by atoms with Crippen molar-refractivity contribution in [3.63, 3.8) is 0 Å². The van der Waals surface area contributed by atoms with Crippen LogP contribution in [0.4, 0.5) is 0 Å². The number of carbonyl (C=O) groups excluding carboxylic acids is 1. The molecule has 1 amide bonds. The van der Waals surface area contributed by atoms with Crippen LogP contribution in [-0.4, -0.2) is 39.6 Å². The zero-order chi connectivity index (χ0) is 14.7. The average Bonchev–Trinajstić information content (AvgIpc) is 2.96. The molecule has 1 fully saturated rings. The summed E-state index contributed by atoms with van der Waals surface area (Å²) in [5.74, 6) is 1.14. The second-order valence-electron chi connectivity index (χ2n) is 5.62. The van der Waals surface area contributed by atoms with E-state index in [9.17, 15) is 9.00 Å². The zero-order valence-corrected chi connectivity index (χ0v) is 13.8. The predicted molar refractivity (Wildman–Crippen MR) is 84.1 cm³/mol. The Balaban J connectivity index is 2.14. The summed E-state index contributed by atoms with van der Waals surface area (Å²) in [6.45, 7) is 4.79. The van der Waals surface area contributed by atoms with E-state index in [-0.39, 0.29) is 18.1 Å². The van der Waals surface area contributed by atoms with Gasteiger partial charge in [0.1, 0.15) is 6.17 Å². The van der Waals surface area contributed by atoms with Crippen LogP contribution in [0.2, 0.25) is 0 Å². The van der Waals surface area contributed by atoms with E-state index in [4.69, 9.17) is 0 Å². The topological polar surface area (TPSA) is 49.4 Å². The van der Waals surface area contributed by atoms with E-state index in [1.165, 1.54) is 0 Å². The molecule has 2 heterocycles. The lowest BCUT2D eigenvalue weighted by Crippen LogP contribution is -2.34. The summed E-state index contributed by atoms with van der Waals surface area (Å²) >= 11 is 1.63. The largest absolute Gasteiger partial charge is 0.321 e. The molecule has 0 spiro atoms. The van der Waals surface area contributed by atoms with Gasteiger partial charge in [-0.1, -0.05) is 13.8 Å². The third kappa shape index (κ3) is 3.68. The molecule has 0 saturated carbocycles. The molecule has 0 bridgehead atoms. The van der Waals surface area contributed by atoms with Crippen LogP contribution in [0.5, 0.6) is 0 Å². The maximum atomic E-state index is 12.5. The maximum absolute atomic E-state index is 12.5. The monoisotopic (exact) mass is 314 g/mol. The Bertz CT molecular complexity index is 474. The molecule has 20 heavy (non-hydrogen) atoms. The van der Waals surface area contributed by atoms with Crippen molar-refractivity contribution < 1.29 is 9.00 Å². The molecule has 3 atom stereocenters. The molecule has 4 nitrogen and oxygen atoms in total. The average molecular weight is 314 g/mol. The lowest BCUT2D eigenvalue weighted by atomic mass is 10.0. The number of thiophene rings is 1. The van der Waals surface area contributed by atoms with Crippen molar-refractivity contribution in [3.05, 3.63) is 22.4 Å². The van der Waals surface area contributed by atoms with E-state index in [0.29, 0.717) is 18.2 Å². The van der Waals surface area contributed by atoms with Crippen molar-refractivity contribution in [2.45, 2.75) is 32.5 Å². The fraction of sp³-hybridized carbons (Fsp3) is 0.643. The molecule has 6 heteroatoms. The van der Waals surface area contributed by atoms with Gasteiger partial charge in [-0.3, -0.25) is 14.3 Å². The quantitative estimate of drug-likeness (QED) is 0.873. The van der Waals surface area contributed by atoms with Crippen LogP contribution in [-0.2, 0) is 15.6 Å². The molecular weight excluding hydrogens is 292 g/mol. The van der Waals surface area contributed by atoms with Gasteiger partial charge in [-0.2, -0.15) is 11.3 Å². The van der Waals surface area contributed by atoms with Gasteiger partial charge in [0.05, 0.1) is 6.04 Å². The minimum Gasteiger partial charge on any atom is -0.321 e. The lowest BCUT2D eigenvalue weighted by Gasteiger charge is -2.23. The molecule has 0 radical (unpaired) electrons. The van der Waals surface area contributed by atoms with Gasteiger partial charge in [-0.25, -0.2) is 0 Å². The van der Waals surface area contributed by atoms with E-state index in [0.717, 1.165) is 12.0 Å². The summed E-state index contributed by atoms with van der Waals surface area (Å²) < 4.78 is 11.3. The number of carbonyl (C=O) groups is 1. The molecule has 112 valence electrons. The van der Waals surface area contributed by atoms with Crippen LogP contribution >= 0.6 is 11.3 Å². The van der Waals surface area contributed by atoms with Gasteiger partial charge < -0.3 is 4.90 Å². The van der Waals surface area contributed by atoms with Gasteiger partial charge in [0.2, 0.25) is 5.91 Å². The molecule has 1 aromatic heterocycles. The van der Waals surface area contributed by atoms with Crippen molar-refractivity contribution in [2.75, 3.05) is 18.6 Å². The van der Waals surface area contributed by atoms with Gasteiger partial charge in [-0.15, -0.1) is 0 Å². The predicted octanol–water partition coefficient (Wildman–Crippen LogP) is 1.97. The highest BCUT2D eigenvalue weighted by atomic mass is 32.2. The standard InChI is InChI=1S/C14H22N2O2S2/c1-10(2)8-12-14(17)16(5-7-20(3)18)13(15-12)11-4-6-19-9-11/h4,6,9-10,12-13,15H,5,7-8H2,1-3H3. The van der Waals surface area contributed by atoms with Crippen molar-refractivity contribution in [1.29, 1.82) is 0 Å². The third-order valence-electron chi connectivity index (χ3n) is 3.44. The van der Waals surface area contributed by atoms with E-state index in [1.54, 1.807) is 17.6 Å². The molecular formula is C14H22N2O2S2. The zero-order valence-electron chi connectivity index (χ0n) is 12.2. The van der Waals surface area contributed by atoms with E-state index >= 15 is 0 Å². The molecule has 2 rings (SSSR count). The van der Waals surface area contributed by atoms with Crippen molar-refractivity contribution in [2.24, 2.45) is 5.92 Å². The first-order chi connectivity index (χ1) is 9.49. The first kappa shape index (κ1) is 15.7. The van der Waals surface area contributed by atoms with Crippen LogP contribution in [0.25, 0.3) is 0 Å². The minimum atomic E-state index is -0.879. The first-order valence-electron chi connectivity index (χ1n) is 6.87. The van der Waals surface area contributed by atoms with Gasteiger partial charge in [0.25, 0.3) is 0 Å². The smallest absolute Gasteiger partial charge is 0.241 e. The number of rotatable bonds is 6. The van der Waals surface area contributed by atoms with Crippen molar-refractivity contribution >= 4 is 28.0 Å². The second-order valence-corrected chi connectivity index (χ2v) is 7.95. The normalized spacial score (nSPS) is 24.6. The first-order valence-corrected chi connectivity index (χ1v) is 9.54. The summed E-state index contributed by atoms with van der Waals surface area (Å²) in [6.07, 6.45) is 2.45. The summed E-state index contributed by atoms with van der Waals surface area (Å²) in [6, 6.07) is 1.92. The van der Waals surface area contributed by atoms with Gasteiger partial charge in [0, 0.05) is 29.4 Å². The highest BCUT2D eigenvalue weighted by Gasteiger charge is 2.39. The Morgan fingerprint density at radius 3 is 2.80 bits per heavy atom. The Morgan fingerprint density at radius 2 is 2.25 bits per heavy atom. The maximum Gasteiger partial charge on any atom is 0.241 e. The van der Waals surface area contributed by atoms with Gasteiger partial charge in [-0.05, 0) is 34.7 Å². The van der Waals surface area contributed by atoms with Crippen LogP contribution in [0.15, 0.2) is 16.8 Å². The molecule has 3 unspecified atom stereocenters. The molecule has 0 aliphatic carbocycles. The summed E-state index contributed by atoms with van der Waals surface area (Å²) in [4.78, 5) is 14.4. The number of hydrogen-bond donors (Lipinski definition) is 1. The molecule has 1 saturated heterocycles. The van der Waals surface area contributed by atoms with Gasteiger partial charge >= 0.3 is 0 Å². The fourth-order valence-corrected chi connectivity index (χ4v) is 3.63.